The number of rotatable bonds is 4. The van der Waals surface area contributed by atoms with E-state index in [-0.39, 0.29) is 0 Å². The monoisotopic (exact) mass is 411 g/mol. The van der Waals surface area contributed by atoms with Gasteiger partial charge in [0.1, 0.15) is 22.0 Å². The van der Waals surface area contributed by atoms with E-state index in [1.165, 1.54) is 11.3 Å². The smallest absolute Gasteiger partial charge is 0.138 e. The fourth-order valence-corrected chi connectivity index (χ4v) is 5.02. The summed E-state index contributed by atoms with van der Waals surface area (Å²) < 4.78 is 5.33. The van der Waals surface area contributed by atoms with Crippen molar-refractivity contribution < 1.29 is 9.84 Å². The molecule has 0 radical (unpaired) electrons. The Morgan fingerprint density at radius 3 is 2.82 bits per heavy atom. The van der Waals surface area contributed by atoms with Crippen LogP contribution in [0.4, 0.5) is 0 Å². The molecule has 0 saturated heterocycles. The lowest BCUT2D eigenvalue weighted by atomic mass is 9.81. The minimum Gasteiger partial charge on any atom is -0.497 e. The van der Waals surface area contributed by atoms with Crippen molar-refractivity contribution in [2.24, 2.45) is 0 Å². The van der Waals surface area contributed by atoms with E-state index in [9.17, 15) is 5.11 Å². The first-order chi connectivity index (χ1) is 13.6. The number of thiazole rings is 1. The molecule has 0 amide bonds. The highest BCUT2D eigenvalue weighted by atomic mass is 35.5. The summed E-state index contributed by atoms with van der Waals surface area (Å²) in [5.74, 6) is 0.795. The lowest BCUT2D eigenvalue weighted by Crippen LogP contribution is -2.33. The number of methoxy groups -OCH3 is 1. The lowest BCUT2D eigenvalue weighted by Gasteiger charge is -2.34. The standard InChI is InChI=1S/C21H18ClN3O2S/c1-27-13-5-2-4-12(8-13)16-9-14-18(15(22)10-23-19(14)25-16)17-11-24-20(28-17)21(26)6-3-7-21/h2,4-5,8-11,26H,3,6-7H2,1H3,(H,23,25). The number of benzene rings is 1. The molecule has 142 valence electrons. The second-order valence-electron chi connectivity index (χ2n) is 7.07. The van der Waals surface area contributed by atoms with Gasteiger partial charge in [-0.25, -0.2) is 9.97 Å². The fraction of sp³-hybridized carbons (Fsp3) is 0.238. The third-order valence-corrected chi connectivity index (χ3v) is 6.82. The second-order valence-corrected chi connectivity index (χ2v) is 8.51. The zero-order chi connectivity index (χ0) is 19.3. The maximum atomic E-state index is 10.6. The molecule has 0 unspecified atom stereocenters. The molecule has 0 bridgehead atoms. The molecular weight excluding hydrogens is 394 g/mol. The predicted octanol–water partition coefficient (Wildman–Crippen LogP) is 5.39. The van der Waals surface area contributed by atoms with Crippen molar-refractivity contribution in [3.8, 4) is 27.4 Å². The molecule has 0 atom stereocenters. The van der Waals surface area contributed by atoms with Crippen molar-refractivity contribution in [1.29, 1.82) is 0 Å². The third-order valence-electron chi connectivity index (χ3n) is 5.32. The summed E-state index contributed by atoms with van der Waals surface area (Å²) in [6.45, 7) is 0. The summed E-state index contributed by atoms with van der Waals surface area (Å²) in [5.41, 5.74) is 2.82. The third kappa shape index (κ3) is 2.80. The topological polar surface area (TPSA) is 71.0 Å². The molecule has 1 saturated carbocycles. The first-order valence-corrected chi connectivity index (χ1v) is 10.3. The summed E-state index contributed by atoms with van der Waals surface area (Å²) in [6.07, 6.45) is 6.03. The van der Waals surface area contributed by atoms with Crippen molar-refractivity contribution in [1.82, 2.24) is 15.0 Å². The van der Waals surface area contributed by atoms with Gasteiger partial charge in [0.25, 0.3) is 0 Å². The number of H-pyrrole nitrogens is 1. The Labute approximate surface area is 171 Å². The minimum atomic E-state index is -0.772. The molecule has 3 aromatic heterocycles. The van der Waals surface area contributed by atoms with E-state index in [2.05, 4.69) is 21.0 Å². The van der Waals surface area contributed by atoms with Crippen LogP contribution in [0.5, 0.6) is 5.75 Å². The number of aromatic amines is 1. The molecular formula is C21H18ClN3O2S. The van der Waals surface area contributed by atoms with Gasteiger partial charge in [-0.15, -0.1) is 11.3 Å². The Bertz CT molecular complexity index is 1180. The summed E-state index contributed by atoms with van der Waals surface area (Å²) in [4.78, 5) is 13.2. The molecule has 28 heavy (non-hydrogen) atoms. The van der Waals surface area contributed by atoms with E-state index >= 15 is 0 Å². The van der Waals surface area contributed by atoms with Crippen LogP contribution >= 0.6 is 22.9 Å². The number of hydrogen-bond donors (Lipinski definition) is 2. The van der Waals surface area contributed by atoms with Crippen molar-refractivity contribution in [3.63, 3.8) is 0 Å². The van der Waals surface area contributed by atoms with Gasteiger partial charge >= 0.3 is 0 Å². The van der Waals surface area contributed by atoms with Crippen molar-refractivity contribution >= 4 is 34.0 Å². The van der Waals surface area contributed by atoms with E-state index in [4.69, 9.17) is 16.3 Å². The maximum absolute atomic E-state index is 10.6. The van der Waals surface area contributed by atoms with Gasteiger partial charge < -0.3 is 14.8 Å². The molecule has 5 rings (SSSR count). The second kappa shape index (κ2) is 6.58. The van der Waals surface area contributed by atoms with E-state index in [1.54, 1.807) is 19.5 Å². The van der Waals surface area contributed by atoms with Gasteiger partial charge in [-0.3, -0.25) is 0 Å². The van der Waals surface area contributed by atoms with Crippen LogP contribution < -0.4 is 4.74 Å². The van der Waals surface area contributed by atoms with Gasteiger partial charge in [0.15, 0.2) is 0 Å². The molecule has 0 spiro atoms. The Hall–Kier alpha value is -2.41. The summed E-state index contributed by atoms with van der Waals surface area (Å²) >= 11 is 8.03. The number of aliphatic hydroxyl groups is 1. The number of ether oxygens (including phenoxy) is 1. The fourth-order valence-electron chi connectivity index (χ4n) is 3.58. The summed E-state index contributed by atoms with van der Waals surface area (Å²) in [5, 5.41) is 12.9. The van der Waals surface area contributed by atoms with Crippen LogP contribution in [0, 0.1) is 0 Å². The highest BCUT2D eigenvalue weighted by molar-refractivity contribution is 7.15. The van der Waals surface area contributed by atoms with Crippen molar-refractivity contribution in [2.45, 2.75) is 24.9 Å². The SMILES string of the molecule is COc1cccc(-c2cc3c(-c4cnc(C5(O)CCC5)s4)c(Cl)cnc3[nH]2)c1. The van der Waals surface area contributed by atoms with Crippen LogP contribution in [0.2, 0.25) is 5.02 Å². The highest BCUT2D eigenvalue weighted by Crippen LogP contribution is 2.46. The quantitative estimate of drug-likeness (QED) is 0.472. The van der Waals surface area contributed by atoms with Crippen molar-refractivity contribution in [2.75, 3.05) is 7.11 Å². The van der Waals surface area contributed by atoms with Gasteiger partial charge in [0.05, 0.1) is 17.0 Å². The van der Waals surface area contributed by atoms with E-state index in [1.807, 2.05) is 24.3 Å². The molecule has 5 nitrogen and oxygen atoms in total. The summed E-state index contributed by atoms with van der Waals surface area (Å²) in [7, 11) is 1.65. The minimum absolute atomic E-state index is 0.569. The van der Waals surface area contributed by atoms with Crippen LogP contribution in [0.3, 0.4) is 0 Å². The van der Waals surface area contributed by atoms with Crippen molar-refractivity contribution in [3.05, 3.63) is 52.8 Å². The largest absolute Gasteiger partial charge is 0.497 e. The first-order valence-electron chi connectivity index (χ1n) is 9.08. The molecule has 2 N–H and O–H groups in total. The molecule has 7 heteroatoms. The van der Waals surface area contributed by atoms with Gasteiger partial charge in [-0.1, -0.05) is 23.7 Å². The molecule has 0 aliphatic heterocycles. The number of halogens is 1. The molecule has 1 aliphatic rings. The van der Waals surface area contributed by atoms with Crippen LogP contribution in [0.25, 0.3) is 32.7 Å². The molecule has 3 heterocycles. The highest BCUT2D eigenvalue weighted by Gasteiger charge is 2.39. The number of fused-ring (bicyclic) bond motifs is 1. The zero-order valence-electron chi connectivity index (χ0n) is 15.2. The van der Waals surface area contributed by atoms with Crippen LogP contribution in [0.15, 0.2) is 42.7 Å². The van der Waals surface area contributed by atoms with Gasteiger partial charge in [0.2, 0.25) is 0 Å². The average molecular weight is 412 g/mol. The van der Waals surface area contributed by atoms with Gasteiger partial charge in [0, 0.05) is 34.6 Å². The molecule has 1 aromatic carbocycles. The van der Waals surface area contributed by atoms with Gasteiger partial charge in [-0.2, -0.15) is 0 Å². The predicted molar refractivity (Wildman–Crippen MR) is 112 cm³/mol. The Balaban J connectivity index is 1.63. The molecule has 1 aliphatic carbocycles. The van der Waals surface area contributed by atoms with E-state index in [0.717, 1.165) is 62.8 Å². The molecule has 4 aromatic rings. The van der Waals surface area contributed by atoms with Crippen LogP contribution in [-0.2, 0) is 5.60 Å². The molecule has 1 fully saturated rings. The van der Waals surface area contributed by atoms with Gasteiger partial charge in [-0.05, 0) is 37.5 Å². The number of nitrogens with zero attached hydrogens (tertiary/aromatic N) is 2. The number of hydrogen-bond acceptors (Lipinski definition) is 5. The van der Waals surface area contributed by atoms with Crippen LogP contribution in [-0.4, -0.2) is 27.2 Å². The first kappa shape index (κ1) is 17.7. The number of pyridine rings is 1. The zero-order valence-corrected chi connectivity index (χ0v) is 16.8. The van der Waals surface area contributed by atoms with E-state index in [0.29, 0.717) is 5.02 Å². The Kier molecular flexibility index (Phi) is 4.16. The number of nitrogens with one attached hydrogen (secondary N) is 1. The Morgan fingerprint density at radius 2 is 2.07 bits per heavy atom. The average Bonchev–Trinajstić information content (AvgIpc) is 3.33. The summed E-state index contributed by atoms with van der Waals surface area (Å²) in [6, 6.07) is 9.91. The maximum Gasteiger partial charge on any atom is 0.138 e. The number of aromatic nitrogens is 3. The Morgan fingerprint density at radius 1 is 1.21 bits per heavy atom. The van der Waals surface area contributed by atoms with Crippen LogP contribution in [0.1, 0.15) is 24.3 Å². The van der Waals surface area contributed by atoms with E-state index < -0.39 is 5.60 Å². The normalized spacial score (nSPS) is 15.5. The lowest BCUT2D eigenvalue weighted by molar-refractivity contribution is -0.0389.